The van der Waals surface area contributed by atoms with E-state index in [-0.39, 0.29) is 12.1 Å². The second kappa shape index (κ2) is 6.79. The first-order chi connectivity index (χ1) is 11.6. The minimum Gasteiger partial charge on any atom is -0.467 e. The monoisotopic (exact) mass is 330 g/mol. The fourth-order valence-electron chi connectivity index (χ4n) is 2.59. The summed E-state index contributed by atoms with van der Waals surface area (Å²) in [5.74, 6) is 0.0569. The van der Waals surface area contributed by atoms with Crippen LogP contribution in [0.4, 0.5) is 5.95 Å². The van der Waals surface area contributed by atoms with Gasteiger partial charge in [0.15, 0.2) is 6.10 Å². The fourth-order valence-corrected chi connectivity index (χ4v) is 2.59. The Balaban J connectivity index is 1.97. The molecule has 1 atom stereocenters. The molecule has 0 radical (unpaired) electrons. The van der Waals surface area contributed by atoms with Gasteiger partial charge < -0.3 is 14.4 Å². The van der Waals surface area contributed by atoms with Gasteiger partial charge in [0.25, 0.3) is 5.56 Å². The molecule has 0 aromatic carbocycles. The average molecular weight is 330 g/mol. The summed E-state index contributed by atoms with van der Waals surface area (Å²) >= 11 is 0. The van der Waals surface area contributed by atoms with E-state index in [9.17, 15) is 9.59 Å². The lowest BCUT2D eigenvalue weighted by Crippen LogP contribution is -2.48. The van der Waals surface area contributed by atoms with Gasteiger partial charge in [0, 0.05) is 37.6 Å². The van der Waals surface area contributed by atoms with Crippen molar-refractivity contribution in [2.24, 2.45) is 7.05 Å². The quantitative estimate of drug-likeness (QED) is 0.744. The summed E-state index contributed by atoms with van der Waals surface area (Å²) in [7, 11) is 2.98. The molecule has 126 valence electrons. The van der Waals surface area contributed by atoms with E-state index in [0.717, 1.165) is 5.56 Å². The van der Waals surface area contributed by atoms with Gasteiger partial charge in [0.1, 0.15) is 0 Å². The Morgan fingerprint density at radius 3 is 2.83 bits per heavy atom. The maximum absolute atomic E-state index is 12.3. The fraction of sp³-hybridized carbons (Fsp3) is 0.375. The zero-order valence-corrected chi connectivity index (χ0v) is 13.5. The first-order valence-electron chi connectivity index (χ1n) is 7.53. The van der Waals surface area contributed by atoms with Crippen molar-refractivity contribution in [3.05, 3.63) is 40.9 Å². The van der Waals surface area contributed by atoms with Crippen LogP contribution in [0.2, 0.25) is 0 Å². The lowest BCUT2D eigenvalue weighted by molar-refractivity contribution is -0.154. The van der Waals surface area contributed by atoms with E-state index < -0.39 is 12.1 Å². The first-order valence-corrected chi connectivity index (χ1v) is 7.53. The van der Waals surface area contributed by atoms with E-state index in [1.807, 2.05) is 4.90 Å². The molecule has 1 saturated heterocycles. The molecule has 1 aliphatic rings. The van der Waals surface area contributed by atoms with E-state index in [1.165, 1.54) is 17.7 Å². The Labute approximate surface area is 138 Å². The summed E-state index contributed by atoms with van der Waals surface area (Å²) in [5.41, 5.74) is 1.20. The molecule has 0 saturated carbocycles. The zero-order chi connectivity index (χ0) is 17.1. The number of nitrogens with zero attached hydrogens (tertiary/aromatic N) is 4. The Morgan fingerprint density at radius 2 is 2.12 bits per heavy atom. The standard InChI is InChI=1S/C16H18N4O4/c1-19-14(21)9-12(11-3-5-17-6-4-11)18-16(19)20-7-8-24-13(10-20)15(22)23-2/h3-6,9,13H,7-8,10H2,1-2H3. The van der Waals surface area contributed by atoms with Gasteiger partial charge in [-0.2, -0.15) is 0 Å². The van der Waals surface area contributed by atoms with E-state index in [0.29, 0.717) is 24.8 Å². The van der Waals surface area contributed by atoms with Crippen LogP contribution in [0.5, 0.6) is 0 Å². The Kier molecular flexibility index (Phi) is 4.57. The number of morpholine rings is 1. The SMILES string of the molecule is COC(=O)C1CN(c2nc(-c3ccncc3)cc(=O)n2C)CCO1. The number of ether oxygens (including phenoxy) is 2. The van der Waals surface area contributed by atoms with E-state index in [2.05, 4.69) is 9.97 Å². The molecule has 0 bridgehead atoms. The van der Waals surface area contributed by atoms with Crippen LogP contribution in [0, 0.1) is 0 Å². The van der Waals surface area contributed by atoms with Crippen molar-refractivity contribution in [2.45, 2.75) is 6.10 Å². The Bertz CT molecular complexity index is 790. The molecule has 0 aliphatic carbocycles. The van der Waals surface area contributed by atoms with Gasteiger partial charge in [-0.1, -0.05) is 0 Å². The Hall–Kier alpha value is -2.74. The number of carbonyl (C=O) groups is 1. The van der Waals surface area contributed by atoms with Gasteiger partial charge in [-0.05, 0) is 12.1 Å². The Morgan fingerprint density at radius 1 is 1.38 bits per heavy atom. The van der Waals surface area contributed by atoms with Gasteiger partial charge in [-0.15, -0.1) is 0 Å². The third-order valence-electron chi connectivity index (χ3n) is 3.90. The van der Waals surface area contributed by atoms with Crippen molar-refractivity contribution >= 4 is 11.9 Å². The van der Waals surface area contributed by atoms with Crippen LogP contribution < -0.4 is 10.5 Å². The lowest BCUT2D eigenvalue weighted by Gasteiger charge is -2.33. The average Bonchev–Trinajstić information content (AvgIpc) is 2.64. The molecule has 24 heavy (non-hydrogen) atoms. The molecular weight excluding hydrogens is 312 g/mol. The smallest absolute Gasteiger partial charge is 0.336 e. The zero-order valence-electron chi connectivity index (χ0n) is 13.5. The molecule has 3 heterocycles. The van der Waals surface area contributed by atoms with Crippen molar-refractivity contribution in [1.29, 1.82) is 0 Å². The number of carbonyl (C=O) groups excluding carboxylic acids is 1. The molecule has 0 N–H and O–H groups in total. The number of hydrogen-bond donors (Lipinski definition) is 0. The molecule has 1 fully saturated rings. The molecule has 3 rings (SSSR count). The lowest BCUT2D eigenvalue weighted by atomic mass is 10.2. The summed E-state index contributed by atoms with van der Waals surface area (Å²) in [5, 5.41) is 0. The number of methoxy groups -OCH3 is 1. The van der Waals surface area contributed by atoms with Crippen molar-refractivity contribution in [2.75, 3.05) is 31.7 Å². The minimum absolute atomic E-state index is 0.173. The van der Waals surface area contributed by atoms with E-state index in [1.54, 1.807) is 31.6 Å². The molecular formula is C16H18N4O4. The van der Waals surface area contributed by atoms with Crippen LogP contribution in [-0.4, -0.2) is 53.4 Å². The normalized spacial score (nSPS) is 17.6. The van der Waals surface area contributed by atoms with Gasteiger partial charge in [-0.3, -0.25) is 14.3 Å². The van der Waals surface area contributed by atoms with Crippen molar-refractivity contribution < 1.29 is 14.3 Å². The second-order valence-corrected chi connectivity index (χ2v) is 5.40. The van der Waals surface area contributed by atoms with Gasteiger partial charge in [0.05, 0.1) is 26.0 Å². The second-order valence-electron chi connectivity index (χ2n) is 5.40. The number of anilines is 1. The largest absolute Gasteiger partial charge is 0.467 e. The molecule has 2 aromatic rings. The maximum Gasteiger partial charge on any atom is 0.336 e. The third-order valence-corrected chi connectivity index (χ3v) is 3.90. The summed E-state index contributed by atoms with van der Waals surface area (Å²) < 4.78 is 11.6. The van der Waals surface area contributed by atoms with Gasteiger partial charge in [0.2, 0.25) is 5.95 Å². The number of aromatic nitrogens is 3. The van der Waals surface area contributed by atoms with Crippen LogP contribution >= 0.6 is 0 Å². The number of rotatable bonds is 3. The maximum atomic E-state index is 12.3. The van der Waals surface area contributed by atoms with Crippen LogP contribution in [-0.2, 0) is 21.3 Å². The molecule has 1 aliphatic heterocycles. The summed E-state index contributed by atoms with van der Waals surface area (Å²) in [6.45, 7) is 1.18. The number of esters is 1. The van der Waals surface area contributed by atoms with Crippen LogP contribution in [0.3, 0.4) is 0 Å². The van der Waals surface area contributed by atoms with Crippen LogP contribution in [0.15, 0.2) is 35.4 Å². The van der Waals surface area contributed by atoms with Crippen molar-refractivity contribution in [1.82, 2.24) is 14.5 Å². The predicted octanol–water partition coefficient (Wildman–Crippen LogP) is 0.220. The van der Waals surface area contributed by atoms with E-state index >= 15 is 0 Å². The molecule has 0 spiro atoms. The predicted molar refractivity (Wildman–Crippen MR) is 86.7 cm³/mol. The van der Waals surface area contributed by atoms with Crippen LogP contribution in [0.25, 0.3) is 11.3 Å². The first kappa shape index (κ1) is 16.1. The molecule has 8 heteroatoms. The van der Waals surface area contributed by atoms with Gasteiger partial charge >= 0.3 is 5.97 Å². The minimum atomic E-state index is -0.690. The molecule has 0 amide bonds. The highest BCUT2D eigenvalue weighted by Crippen LogP contribution is 2.19. The summed E-state index contributed by atoms with van der Waals surface area (Å²) in [4.78, 5) is 34.5. The summed E-state index contributed by atoms with van der Waals surface area (Å²) in [6, 6.07) is 5.07. The van der Waals surface area contributed by atoms with Gasteiger partial charge in [-0.25, -0.2) is 9.78 Å². The van der Waals surface area contributed by atoms with E-state index in [4.69, 9.17) is 9.47 Å². The highest BCUT2D eigenvalue weighted by Gasteiger charge is 2.29. The van der Waals surface area contributed by atoms with Crippen molar-refractivity contribution in [3.8, 4) is 11.3 Å². The third kappa shape index (κ3) is 3.13. The highest BCUT2D eigenvalue weighted by atomic mass is 16.6. The number of pyridine rings is 1. The molecule has 2 aromatic heterocycles. The topological polar surface area (TPSA) is 86.5 Å². The van der Waals surface area contributed by atoms with Crippen molar-refractivity contribution in [3.63, 3.8) is 0 Å². The highest BCUT2D eigenvalue weighted by molar-refractivity contribution is 5.75. The van der Waals surface area contributed by atoms with Crippen LogP contribution in [0.1, 0.15) is 0 Å². The number of hydrogen-bond acceptors (Lipinski definition) is 7. The molecule has 1 unspecified atom stereocenters. The molecule has 8 nitrogen and oxygen atoms in total. The summed E-state index contributed by atoms with van der Waals surface area (Å²) in [6.07, 6.45) is 2.61.